The normalized spacial score (nSPS) is 23.3. The summed E-state index contributed by atoms with van der Waals surface area (Å²) in [6.07, 6.45) is 6.85. The first-order valence-electron chi connectivity index (χ1n) is 7.77. The second-order valence-electron chi connectivity index (χ2n) is 5.60. The molecular weight excluding hydrogens is 234 g/mol. The molecule has 0 aromatic heterocycles. The predicted molar refractivity (Wildman–Crippen MR) is 80.5 cm³/mol. The van der Waals surface area contributed by atoms with Crippen molar-refractivity contribution in [2.45, 2.75) is 58.5 Å². The van der Waals surface area contributed by atoms with Gasteiger partial charge in [-0.25, -0.2) is 0 Å². The summed E-state index contributed by atoms with van der Waals surface area (Å²) in [5.41, 5.74) is 1.35. The van der Waals surface area contributed by atoms with Crippen molar-refractivity contribution < 1.29 is 4.74 Å². The fraction of sp³-hybridized carbons (Fsp3) is 0.647. The lowest BCUT2D eigenvalue weighted by atomic mass is 9.84. The van der Waals surface area contributed by atoms with Gasteiger partial charge in [-0.2, -0.15) is 0 Å². The Labute approximate surface area is 117 Å². The van der Waals surface area contributed by atoms with Gasteiger partial charge in [0.2, 0.25) is 0 Å². The second-order valence-corrected chi connectivity index (χ2v) is 5.60. The average molecular weight is 261 g/mol. The lowest BCUT2D eigenvalue weighted by molar-refractivity contribution is 0.278. The lowest BCUT2D eigenvalue weighted by Gasteiger charge is -2.29. The maximum absolute atomic E-state index is 5.46. The first-order chi connectivity index (χ1) is 9.31. The van der Waals surface area contributed by atoms with Gasteiger partial charge in [-0.15, -0.1) is 0 Å². The number of hydrogen-bond donors (Lipinski definition) is 1. The van der Waals surface area contributed by atoms with Crippen LogP contribution in [0.3, 0.4) is 0 Å². The summed E-state index contributed by atoms with van der Waals surface area (Å²) in [7, 11) is 0. The van der Waals surface area contributed by atoms with Gasteiger partial charge in [-0.05, 0) is 43.4 Å². The lowest BCUT2D eigenvalue weighted by Crippen LogP contribution is -2.33. The highest BCUT2D eigenvalue weighted by Gasteiger charge is 2.19. The van der Waals surface area contributed by atoms with Crippen molar-refractivity contribution in [3.63, 3.8) is 0 Å². The van der Waals surface area contributed by atoms with Crippen molar-refractivity contribution in [3.05, 3.63) is 29.8 Å². The maximum Gasteiger partial charge on any atom is 0.119 e. The zero-order valence-corrected chi connectivity index (χ0v) is 12.3. The molecule has 1 fully saturated rings. The second kappa shape index (κ2) is 7.54. The van der Waals surface area contributed by atoms with Gasteiger partial charge in [-0.1, -0.05) is 38.3 Å². The molecule has 0 bridgehead atoms. The zero-order chi connectivity index (χ0) is 13.5. The van der Waals surface area contributed by atoms with Crippen molar-refractivity contribution >= 4 is 0 Å². The first-order valence-corrected chi connectivity index (χ1v) is 7.77. The van der Waals surface area contributed by atoms with Crippen LogP contribution in [0.15, 0.2) is 24.3 Å². The van der Waals surface area contributed by atoms with Crippen molar-refractivity contribution in [3.8, 4) is 5.75 Å². The molecular formula is C17H27NO. The van der Waals surface area contributed by atoms with E-state index in [1.165, 1.54) is 37.7 Å². The number of nitrogens with one attached hydrogen (secondary N) is 1. The minimum Gasteiger partial charge on any atom is -0.494 e. The summed E-state index contributed by atoms with van der Waals surface area (Å²) < 4.78 is 5.46. The summed E-state index contributed by atoms with van der Waals surface area (Å²) in [4.78, 5) is 0. The van der Waals surface area contributed by atoms with E-state index < -0.39 is 0 Å². The van der Waals surface area contributed by atoms with Crippen molar-refractivity contribution in [1.29, 1.82) is 0 Å². The van der Waals surface area contributed by atoms with E-state index in [2.05, 4.69) is 36.5 Å². The van der Waals surface area contributed by atoms with Gasteiger partial charge in [0.1, 0.15) is 5.75 Å². The van der Waals surface area contributed by atoms with E-state index in [9.17, 15) is 0 Å². The SMILES string of the molecule is CCOc1ccc(CNC2CCCC(CC)C2)cc1. The monoisotopic (exact) mass is 261 g/mol. The fourth-order valence-corrected chi connectivity index (χ4v) is 2.98. The van der Waals surface area contributed by atoms with E-state index in [1.54, 1.807) is 0 Å². The molecule has 2 unspecified atom stereocenters. The molecule has 0 aliphatic heterocycles. The third-order valence-electron chi connectivity index (χ3n) is 4.19. The molecule has 1 saturated carbocycles. The van der Waals surface area contributed by atoms with Crippen LogP contribution in [0.2, 0.25) is 0 Å². The van der Waals surface area contributed by atoms with Crippen LogP contribution in [0.5, 0.6) is 5.75 Å². The molecule has 2 rings (SSSR count). The van der Waals surface area contributed by atoms with Crippen LogP contribution in [-0.4, -0.2) is 12.6 Å². The predicted octanol–water partition coefficient (Wildman–Crippen LogP) is 4.14. The summed E-state index contributed by atoms with van der Waals surface area (Å²) in [6.45, 7) is 6.05. The molecule has 0 saturated heterocycles. The smallest absolute Gasteiger partial charge is 0.119 e. The number of hydrogen-bond acceptors (Lipinski definition) is 2. The van der Waals surface area contributed by atoms with Crippen LogP contribution in [0.4, 0.5) is 0 Å². The van der Waals surface area contributed by atoms with Crippen LogP contribution in [0.1, 0.15) is 51.5 Å². The van der Waals surface area contributed by atoms with Gasteiger partial charge < -0.3 is 10.1 Å². The van der Waals surface area contributed by atoms with Crippen LogP contribution < -0.4 is 10.1 Å². The summed E-state index contributed by atoms with van der Waals surface area (Å²) in [5.74, 6) is 1.90. The largest absolute Gasteiger partial charge is 0.494 e. The molecule has 1 aliphatic carbocycles. The molecule has 106 valence electrons. The minimum atomic E-state index is 0.713. The third-order valence-corrected chi connectivity index (χ3v) is 4.19. The summed E-state index contributed by atoms with van der Waals surface area (Å²) >= 11 is 0. The topological polar surface area (TPSA) is 21.3 Å². The minimum absolute atomic E-state index is 0.713. The van der Waals surface area contributed by atoms with Crippen molar-refractivity contribution in [1.82, 2.24) is 5.32 Å². The van der Waals surface area contributed by atoms with Gasteiger partial charge in [0.15, 0.2) is 0 Å². The summed E-state index contributed by atoms with van der Waals surface area (Å²) in [5, 5.41) is 3.71. The molecule has 19 heavy (non-hydrogen) atoms. The molecule has 2 heteroatoms. The molecule has 1 aromatic rings. The van der Waals surface area contributed by atoms with Gasteiger partial charge >= 0.3 is 0 Å². The average Bonchev–Trinajstić information content (AvgIpc) is 2.47. The van der Waals surface area contributed by atoms with E-state index >= 15 is 0 Å². The Morgan fingerprint density at radius 1 is 1.16 bits per heavy atom. The van der Waals surface area contributed by atoms with E-state index in [-0.39, 0.29) is 0 Å². The van der Waals surface area contributed by atoms with Gasteiger partial charge in [0.25, 0.3) is 0 Å². The van der Waals surface area contributed by atoms with E-state index in [4.69, 9.17) is 4.74 Å². The molecule has 1 aromatic carbocycles. The Kier molecular flexibility index (Phi) is 5.71. The Balaban J connectivity index is 1.78. The summed E-state index contributed by atoms with van der Waals surface area (Å²) in [6, 6.07) is 9.17. The molecule has 0 heterocycles. The van der Waals surface area contributed by atoms with Gasteiger partial charge in [-0.3, -0.25) is 0 Å². The van der Waals surface area contributed by atoms with Gasteiger partial charge in [0.05, 0.1) is 6.61 Å². The zero-order valence-electron chi connectivity index (χ0n) is 12.3. The van der Waals surface area contributed by atoms with Crippen LogP contribution in [0.25, 0.3) is 0 Å². The number of ether oxygens (including phenoxy) is 1. The maximum atomic E-state index is 5.46. The molecule has 0 amide bonds. The standard InChI is InChI=1S/C17H27NO/c1-3-14-6-5-7-16(12-14)18-13-15-8-10-17(11-9-15)19-4-2/h8-11,14,16,18H,3-7,12-13H2,1-2H3. The van der Waals surface area contributed by atoms with Crippen LogP contribution in [-0.2, 0) is 6.54 Å². The first kappa shape index (κ1) is 14.4. The molecule has 0 spiro atoms. The Morgan fingerprint density at radius 2 is 1.95 bits per heavy atom. The third kappa shape index (κ3) is 4.54. The Morgan fingerprint density at radius 3 is 2.63 bits per heavy atom. The quantitative estimate of drug-likeness (QED) is 0.831. The molecule has 1 aliphatic rings. The number of rotatable bonds is 6. The van der Waals surface area contributed by atoms with E-state index in [1.807, 2.05) is 6.92 Å². The van der Waals surface area contributed by atoms with Crippen LogP contribution >= 0.6 is 0 Å². The highest BCUT2D eigenvalue weighted by Crippen LogP contribution is 2.26. The molecule has 0 radical (unpaired) electrons. The highest BCUT2D eigenvalue weighted by molar-refractivity contribution is 5.27. The molecule has 2 atom stereocenters. The van der Waals surface area contributed by atoms with Gasteiger partial charge in [0, 0.05) is 12.6 Å². The fourth-order valence-electron chi connectivity index (χ4n) is 2.98. The van der Waals surface area contributed by atoms with E-state index in [0.29, 0.717) is 6.04 Å². The highest BCUT2D eigenvalue weighted by atomic mass is 16.5. The van der Waals surface area contributed by atoms with Crippen LogP contribution in [0, 0.1) is 5.92 Å². The molecule has 2 nitrogen and oxygen atoms in total. The molecule has 1 N–H and O–H groups in total. The Hall–Kier alpha value is -1.02. The van der Waals surface area contributed by atoms with Crippen molar-refractivity contribution in [2.24, 2.45) is 5.92 Å². The van der Waals surface area contributed by atoms with E-state index in [0.717, 1.165) is 24.8 Å². The number of benzene rings is 1. The van der Waals surface area contributed by atoms with Crippen molar-refractivity contribution in [2.75, 3.05) is 6.61 Å². The Bertz CT molecular complexity index is 360.